The minimum absolute atomic E-state index is 0.0464. The second kappa shape index (κ2) is 8.84. The Bertz CT molecular complexity index is 1080. The number of aromatic amines is 1. The first kappa shape index (κ1) is 19.7. The van der Waals surface area contributed by atoms with E-state index in [0.29, 0.717) is 5.56 Å². The Kier molecular flexibility index (Phi) is 5.81. The van der Waals surface area contributed by atoms with Gasteiger partial charge in [0.25, 0.3) is 11.8 Å². The standard InChI is InChI=1S/C23H24N4O3/c28-22(26-30)8-6-16-3-1-2-4-21(16)27-13-10-19(11-14-27)25-23(29)18-5-7-20-17(15-18)9-12-24-20/h1-9,12,15,19,24,30H,10-11,13-14H2,(H,25,29)(H,26,28)/b8-6+. The van der Waals surface area contributed by atoms with Crippen LogP contribution in [0, 0.1) is 0 Å². The Morgan fingerprint density at radius 3 is 2.70 bits per heavy atom. The number of carbonyl (C=O) groups is 2. The SMILES string of the molecule is O=C(/C=C/c1ccccc1N1CCC(NC(=O)c2ccc3[nH]ccc3c2)CC1)NO. The summed E-state index contributed by atoms with van der Waals surface area (Å²) >= 11 is 0. The molecule has 1 aliphatic heterocycles. The number of nitrogens with one attached hydrogen (secondary N) is 3. The van der Waals surface area contributed by atoms with Crippen molar-refractivity contribution in [2.45, 2.75) is 18.9 Å². The topological polar surface area (TPSA) is 97.5 Å². The molecule has 3 aromatic rings. The summed E-state index contributed by atoms with van der Waals surface area (Å²) in [6.45, 7) is 1.61. The molecule has 1 saturated heterocycles. The first-order chi connectivity index (χ1) is 14.6. The van der Waals surface area contributed by atoms with Crippen molar-refractivity contribution in [2.24, 2.45) is 0 Å². The lowest BCUT2D eigenvalue weighted by Crippen LogP contribution is -2.44. The highest BCUT2D eigenvalue weighted by molar-refractivity contribution is 5.98. The average molecular weight is 404 g/mol. The van der Waals surface area contributed by atoms with Gasteiger partial charge in [0.1, 0.15) is 0 Å². The van der Waals surface area contributed by atoms with Crippen molar-refractivity contribution < 1.29 is 14.8 Å². The zero-order chi connectivity index (χ0) is 20.9. The molecule has 154 valence electrons. The van der Waals surface area contributed by atoms with Gasteiger partial charge in [-0.2, -0.15) is 0 Å². The Balaban J connectivity index is 1.38. The molecule has 0 aliphatic carbocycles. The number of amides is 2. The molecule has 0 unspecified atom stereocenters. The van der Waals surface area contributed by atoms with E-state index in [1.807, 2.05) is 54.7 Å². The molecule has 0 radical (unpaired) electrons. The van der Waals surface area contributed by atoms with Gasteiger partial charge < -0.3 is 15.2 Å². The number of benzene rings is 2. The van der Waals surface area contributed by atoms with Gasteiger partial charge >= 0.3 is 0 Å². The molecule has 1 aromatic heterocycles. The predicted octanol–water partition coefficient (Wildman–Crippen LogP) is 3.09. The van der Waals surface area contributed by atoms with Crippen LogP contribution in [-0.4, -0.2) is 41.1 Å². The molecule has 4 rings (SSSR count). The van der Waals surface area contributed by atoms with Crippen LogP contribution in [-0.2, 0) is 4.79 Å². The lowest BCUT2D eigenvalue weighted by atomic mass is 10.0. The van der Waals surface area contributed by atoms with Gasteiger partial charge in [0.15, 0.2) is 0 Å². The number of carbonyl (C=O) groups excluding carboxylic acids is 2. The molecule has 0 bridgehead atoms. The summed E-state index contributed by atoms with van der Waals surface area (Å²) in [7, 11) is 0. The number of H-pyrrole nitrogens is 1. The average Bonchev–Trinajstić information content (AvgIpc) is 3.26. The van der Waals surface area contributed by atoms with Crippen LogP contribution < -0.4 is 15.7 Å². The second-order valence-corrected chi connectivity index (χ2v) is 7.38. The Morgan fingerprint density at radius 1 is 1.10 bits per heavy atom. The molecular formula is C23H24N4O3. The van der Waals surface area contributed by atoms with E-state index in [0.717, 1.165) is 48.1 Å². The molecule has 0 spiro atoms. The summed E-state index contributed by atoms with van der Waals surface area (Å²) in [4.78, 5) is 29.3. The Morgan fingerprint density at radius 2 is 1.90 bits per heavy atom. The molecule has 0 saturated carbocycles. The van der Waals surface area contributed by atoms with Gasteiger partial charge in [-0.25, -0.2) is 5.48 Å². The first-order valence-electron chi connectivity index (χ1n) is 9.98. The summed E-state index contributed by atoms with van der Waals surface area (Å²) in [6.07, 6.45) is 6.53. The number of aromatic nitrogens is 1. The summed E-state index contributed by atoms with van der Waals surface area (Å²) < 4.78 is 0. The van der Waals surface area contributed by atoms with Gasteiger partial charge in [-0.05, 0) is 54.8 Å². The van der Waals surface area contributed by atoms with E-state index in [9.17, 15) is 9.59 Å². The third-order valence-electron chi connectivity index (χ3n) is 5.45. The third-order valence-corrected chi connectivity index (χ3v) is 5.45. The number of hydrogen-bond donors (Lipinski definition) is 4. The van der Waals surface area contributed by atoms with Crippen LogP contribution in [0.1, 0.15) is 28.8 Å². The number of piperidine rings is 1. The van der Waals surface area contributed by atoms with Gasteiger partial charge in [-0.1, -0.05) is 18.2 Å². The smallest absolute Gasteiger partial charge is 0.267 e. The zero-order valence-electron chi connectivity index (χ0n) is 16.5. The molecule has 0 atom stereocenters. The van der Waals surface area contributed by atoms with Crippen molar-refractivity contribution in [3.05, 3.63) is 71.9 Å². The monoisotopic (exact) mass is 404 g/mol. The van der Waals surface area contributed by atoms with E-state index in [1.54, 1.807) is 11.6 Å². The summed E-state index contributed by atoms with van der Waals surface area (Å²) in [6, 6.07) is 15.6. The fourth-order valence-electron chi connectivity index (χ4n) is 3.85. The van der Waals surface area contributed by atoms with Crippen molar-refractivity contribution >= 4 is 34.5 Å². The third kappa shape index (κ3) is 4.36. The number of rotatable bonds is 5. The summed E-state index contributed by atoms with van der Waals surface area (Å²) in [5.41, 5.74) is 5.22. The van der Waals surface area contributed by atoms with Crippen molar-refractivity contribution in [2.75, 3.05) is 18.0 Å². The normalized spacial score (nSPS) is 14.9. The van der Waals surface area contributed by atoms with Crippen LogP contribution in [0.25, 0.3) is 17.0 Å². The lowest BCUT2D eigenvalue weighted by molar-refractivity contribution is -0.124. The maximum atomic E-state index is 12.7. The largest absolute Gasteiger partial charge is 0.371 e. The van der Waals surface area contributed by atoms with Crippen molar-refractivity contribution in [3.8, 4) is 0 Å². The minimum Gasteiger partial charge on any atom is -0.371 e. The second-order valence-electron chi connectivity index (χ2n) is 7.38. The molecule has 1 aliphatic rings. The predicted molar refractivity (Wildman–Crippen MR) is 116 cm³/mol. The maximum absolute atomic E-state index is 12.7. The highest BCUT2D eigenvalue weighted by atomic mass is 16.5. The van der Waals surface area contributed by atoms with E-state index in [2.05, 4.69) is 15.2 Å². The van der Waals surface area contributed by atoms with E-state index in [-0.39, 0.29) is 11.9 Å². The van der Waals surface area contributed by atoms with Crippen LogP contribution in [0.3, 0.4) is 0 Å². The van der Waals surface area contributed by atoms with Gasteiger partial charge in [0.2, 0.25) is 0 Å². The fourth-order valence-corrected chi connectivity index (χ4v) is 3.85. The van der Waals surface area contributed by atoms with E-state index in [4.69, 9.17) is 5.21 Å². The fraction of sp³-hybridized carbons (Fsp3) is 0.217. The number of para-hydroxylation sites is 1. The highest BCUT2D eigenvalue weighted by Crippen LogP contribution is 2.25. The van der Waals surface area contributed by atoms with Crippen LogP contribution in [0.4, 0.5) is 5.69 Å². The van der Waals surface area contributed by atoms with Crippen molar-refractivity contribution in [1.82, 2.24) is 15.8 Å². The number of anilines is 1. The Hall–Kier alpha value is -3.58. The van der Waals surface area contributed by atoms with E-state index in [1.165, 1.54) is 6.08 Å². The molecule has 4 N–H and O–H groups in total. The summed E-state index contributed by atoms with van der Waals surface area (Å²) in [5, 5.41) is 12.8. The van der Waals surface area contributed by atoms with Crippen LogP contribution in [0.15, 0.2) is 60.8 Å². The maximum Gasteiger partial charge on any atom is 0.267 e. The van der Waals surface area contributed by atoms with E-state index < -0.39 is 5.91 Å². The zero-order valence-corrected chi connectivity index (χ0v) is 16.5. The first-order valence-corrected chi connectivity index (χ1v) is 9.98. The van der Waals surface area contributed by atoms with Gasteiger partial charge in [-0.3, -0.25) is 14.8 Å². The molecule has 2 aromatic carbocycles. The number of hydroxylamine groups is 1. The van der Waals surface area contributed by atoms with Gasteiger partial charge in [0.05, 0.1) is 0 Å². The van der Waals surface area contributed by atoms with Crippen LogP contribution >= 0.6 is 0 Å². The molecule has 30 heavy (non-hydrogen) atoms. The quantitative estimate of drug-likeness (QED) is 0.298. The number of fused-ring (bicyclic) bond motifs is 1. The summed E-state index contributed by atoms with van der Waals surface area (Å²) in [5.74, 6) is -0.612. The minimum atomic E-state index is -0.566. The molecular weight excluding hydrogens is 380 g/mol. The van der Waals surface area contributed by atoms with Crippen molar-refractivity contribution in [3.63, 3.8) is 0 Å². The van der Waals surface area contributed by atoms with E-state index >= 15 is 0 Å². The van der Waals surface area contributed by atoms with Crippen LogP contribution in [0.5, 0.6) is 0 Å². The van der Waals surface area contributed by atoms with Crippen LogP contribution in [0.2, 0.25) is 0 Å². The highest BCUT2D eigenvalue weighted by Gasteiger charge is 2.22. The Labute approximate surface area is 174 Å². The molecule has 7 heteroatoms. The molecule has 1 fully saturated rings. The van der Waals surface area contributed by atoms with Gasteiger partial charge in [0, 0.05) is 53.6 Å². The number of hydrogen-bond acceptors (Lipinski definition) is 4. The number of nitrogens with zero attached hydrogens (tertiary/aromatic N) is 1. The van der Waals surface area contributed by atoms with Crippen molar-refractivity contribution in [1.29, 1.82) is 0 Å². The van der Waals surface area contributed by atoms with Gasteiger partial charge in [-0.15, -0.1) is 0 Å². The molecule has 2 heterocycles. The molecule has 2 amide bonds. The molecule has 7 nitrogen and oxygen atoms in total. The lowest BCUT2D eigenvalue weighted by Gasteiger charge is -2.34.